The van der Waals surface area contributed by atoms with Crippen LogP contribution in [0.3, 0.4) is 0 Å². The highest BCUT2D eigenvalue weighted by atomic mass is 32.1. The fourth-order valence-electron chi connectivity index (χ4n) is 3.80. The fourth-order valence-corrected chi connectivity index (χ4v) is 4.64. The number of carbonyl (C=O) groups is 2. The zero-order valence-corrected chi connectivity index (χ0v) is 19.0. The third-order valence-electron chi connectivity index (χ3n) is 5.62. The summed E-state index contributed by atoms with van der Waals surface area (Å²) in [5, 5.41) is 3.04. The minimum atomic E-state index is -0.233. The van der Waals surface area contributed by atoms with Crippen LogP contribution in [0.5, 0.6) is 5.75 Å². The van der Waals surface area contributed by atoms with Crippen molar-refractivity contribution in [2.75, 3.05) is 18.1 Å². The smallest absolute Gasteiger partial charge is 0.265 e. The van der Waals surface area contributed by atoms with Crippen molar-refractivity contribution in [3.05, 3.63) is 99.9 Å². The van der Waals surface area contributed by atoms with Crippen LogP contribution < -0.4 is 9.64 Å². The summed E-state index contributed by atoms with van der Waals surface area (Å²) in [5.74, 6) is 0.248. The topological polar surface area (TPSA) is 59.5 Å². The molecule has 5 rings (SSSR count). The maximum atomic E-state index is 12.9. The molecular formula is C27H22N2O3S. The van der Waals surface area contributed by atoms with Crippen LogP contribution >= 0.6 is 11.3 Å². The molecule has 0 fully saturated rings. The van der Waals surface area contributed by atoms with Gasteiger partial charge in [0.2, 0.25) is 0 Å². The number of benzene rings is 3. The molecule has 0 spiro atoms. The van der Waals surface area contributed by atoms with E-state index in [0.29, 0.717) is 17.0 Å². The minimum Gasteiger partial charge on any atom is -0.482 e. The number of amides is 1. The van der Waals surface area contributed by atoms with E-state index >= 15 is 0 Å². The van der Waals surface area contributed by atoms with Crippen molar-refractivity contribution in [3.63, 3.8) is 0 Å². The normalized spacial score (nSPS) is 12.9. The van der Waals surface area contributed by atoms with Crippen LogP contribution in [0, 0.1) is 6.92 Å². The number of fused-ring (bicyclic) bond motifs is 1. The van der Waals surface area contributed by atoms with E-state index in [1.807, 2.05) is 60.8 Å². The van der Waals surface area contributed by atoms with Crippen LogP contribution in [0.2, 0.25) is 0 Å². The Morgan fingerprint density at radius 3 is 2.64 bits per heavy atom. The summed E-state index contributed by atoms with van der Waals surface area (Å²) in [4.78, 5) is 31.8. The van der Waals surface area contributed by atoms with E-state index in [1.165, 1.54) is 10.5 Å². The number of ether oxygens (including phenoxy) is 1. The van der Waals surface area contributed by atoms with Crippen molar-refractivity contribution in [2.45, 2.75) is 13.3 Å². The average molecular weight is 455 g/mol. The lowest BCUT2D eigenvalue weighted by atomic mass is 10.1. The Bertz CT molecular complexity index is 1310. The third-order valence-corrected chi connectivity index (χ3v) is 6.47. The highest BCUT2D eigenvalue weighted by molar-refractivity contribution is 7.10. The quantitative estimate of drug-likeness (QED) is 0.370. The van der Waals surface area contributed by atoms with Crippen molar-refractivity contribution >= 4 is 28.7 Å². The van der Waals surface area contributed by atoms with E-state index in [4.69, 9.17) is 9.72 Å². The van der Waals surface area contributed by atoms with Crippen molar-refractivity contribution < 1.29 is 14.3 Å². The second-order valence-corrected chi connectivity index (χ2v) is 8.97. The second-order valence-electron chi connectivity index (χ2n) is 8.03. The molecule has 1 aromatic heterocycles. The first-order valence-electron chi connectivity index (χ1n) is 10.7. The molecule has 0 saturated heterocycles. The van der Waals surface area contributed by atoms with E-state index in [9.17, 15) is 9.59 Å². The van der Waals surface area contributed by atoms with Crippen LogP contribution in [0.1, 0.15) is 26.5 Å². The summed E-state index contributed by atoms with van der Waals surface area (Å²) >= 11 is 1.61. The number of thiazole rings is 1. The first-order valence-corrected chi connectivity index (χ1v) is 11.6. The van der Waals surface area contributed by atoms with Gasteiger partial charge in [-0.25, -0.2) is 4.98 Å². The summed E-state index contributed by atoms with van der Waals surface area (Å²) in [6, 6.07) is 23.3. The molecule has 2 heterocycles. The average Bonchev–Trinajstić information content (AvgIpc) is 3.30. The minimum absolute atomic E-state index is 0.0297. The van der Waals surface area contributed by atoms with E-state index in [1.54, 1.807) is 23.5 Å². The molecule has 0 saturated carbocycles. The van der Waals surface area contributed by atoms with Crippen molar-refractivity contribution in [2.24, 2.45) is 0 Å². The van der Waals surface area contributed by atoms with Gasteiger partial charge in [-0.2, -0.15) is 0 Å². The number of hydrogen-bond donors (Lipinski definition) is 0. The Kier molecular flexibility index (Phi) is 5.75. The van der Waals surface area contributed by atoms with Crippen molar-refractivity contribution in [3.8, 4) is 17.0 Å². The highest BCUT2D eigenvalue weighted by Crippen LogP contribution is 2.36. The van der Waals surface area contributed by atoms with Crippen LogP contribution in [0.4, 0.5) is 5.69 Å². The molecular weight excluding hydrogens is 432 g/mol. The standard InChI is InChI=1S/C27H22N2O3S/c1-18-7-9-20(10-8-18)24(30)15-29-23-14-21(11-12-25(23)32-16-27(29)31)22-17-33-26(28-22)13-19-5-3-2-4-6-19/h2-12,14,17H,13,15-16H2,1H3. The van der Waals surface area contributed by atoms with Gasteiger partial charge in [0.1, 0.15) is 5.75 Å². The number of hydrogen-bond acceptors (Lipinski definition) is 5. The van der Waals surface area contributed by atoms with E-state index in [-0.39, 0.29) is 24.8 Å². The lowest BCUT2D eigenvalue weighted by Gasteiger charge is -2.29. The molecule has 0 bridgehead atoms. The fraction of sp³-hybridized carbons (Fsp3) is 0.148. The predicted octanol–water partition coefficient (Wildman–Crippen LogP) is 5.32. The summed E-state index contributed by atoms with van der Waals surface area (Å²) < 4.78 is 5.62. The number of carbonyl (C=O) groups excluding carboxylic acids is 2. The number of ketones is 1. The monoisotopic (exact) mass is 454 g/mol. The van der Waals surface area contributed by atoms with Crippen molar-refractivity contribution in [1.82, 2.24) is 4.98 Å². The molecule has 0 unspecified atom stereocenters. The Morgan fingerprint density at radius 2 is 1.85 bits per heavy atom. The Balaban J connectivity index is 1.41. The Hall–Kier alpha value is -3.77. The van der Waals surface area contributed by atoms with Gasteiger partial charge >= 0.3 is 0 Å². The molecule has 5 nitrogen and oxygen atoms in total. The lowest BCUT2D eigenvalue weighted by molar-refractivity contribution is -0.121. The molecule has 1 aliphatic rings. The Morgan fingerprint density at radius 1 is 1.06 bits per heavy atom. The van der Waals surface area contributed by atoms with Crippen LogP contribution in [-0.2, 0) is 11.2 Å². The van der Waals surface area contributed by atoms with Gasteiger partial charge in [-0.15, -0.1) is 11.3 Å². The van der Waals surface area contributed by atoms with Crippen LogP contribution in [-0.4, -0.2) is 29.8 Å². The maximum absolute atomic E-state index is 12.9. The number of nitrogens with zero attached hydrogens (tertiary/aromatic N) is 2. The lowest BCUT2D eigenvalue weighted by Crippen LogP contribution is -2.42. The molecule has 0 N–H and O–H groups in total. The molecule has 1 aliphatic heterocycles. The molecule has 0 atom stereocenters. The molecule has 33 heavy (non-hydrogen) atoms. The number of Topliss-reactive ketones (excluding diaryl/α,β-unsaturated/α-hetero) is 1. The zero-order chi connectivity index (χ0) is 22.8. The van der Waals surface area contributed by atoms with Gasteiger partial charge in [0.15, 0.2) is 12.4 Å². The molecule has 4 aromatic rings. The van der Waals surface area contributed by atoms with E-state index < -0.39 is 0 Å². The number of anilines is 1. The maximum Gasteiger partial charge on any atom is 0.265 e. The van der Waals surface area contributed by atoms with E-state index in [0.717, 1.165) is 28.2 Å². The van der Waals surface area contributed by atoms with Crippen LogP contribution in [0.15, 0.2) is 78.2 Å². The Labute approximate surface area is 196 Å². The van der Waals surface area contributed by atoms with Crippen molar-refractivity contribution in [1.29, 1.82) is 0 Å². The third kappa shape index (κ3) is 4.56. The van der Waals surface area contributed by atoms with Gasteiger partial charge < -0.3 is 4.74 Å². The summed E-state index contributed by atoms with van der Waals surface area (Å²) in [6.45, 7) is 1.87. The van der Waals surface area contributed by atoms with E-state index in [2.05, 4.69) is 12.1 Å². The van der Waals surface area contributed by atoms with Gasteiger partial charge in [0.25, 0.3) is 5.91 Å². The largest absolute Gasteiger partial charge is 0.482 e. The van der Waals surface area contributed by atoms with Gasteiger partial charge in [-0.1, -0.05) is 60.2 Å². The van der Waals surface area contributed by atoms with Gasteiger partial charge in [-0.3, -0.25) is 14.5 Å². The number of aromatic nitrogens is 1. The summed E-state index contributed by atoms with van der Waals surface area (Å²) in [7, 11) is 0. The van der Waals surface area contributed by atoms with Gasteiger partial charge in [0.05, 0.1) is 22.9 Å². The molecule has 164 valence electrons. The van der Waals surface area contributed by atoms with Gasteiger partial charge in [-0.05, 0) is 30.7 Å². The first kappa shape index (κ1) is 21.1. The van der Waals surface area contributed by atoms with Gasteiger partial charge in [0, 0.05) is 22.9 Å². The highest BCUT2D eigenvalue weighted by Gasteiger charge is 2.28. The summed E-state index contributed by atoms with van der Waals surface area (Å²) in [6.07, 6.45) is 0.773. The zero-order valence-electron chi connectivity index (χ0n) is 18.2. The number of rotatable bonds is 6. The predicted molar refractivity (Wildman–Crippen MR) is 130 cm³/mol. The second kappa shape index (κ2) is 9.00. The SMILES string of the molecule is Cc1ccc(C(=O)CN2C(=O)COc3ccc(-c4csc(Cc5ccccc5)n4)cc32)cc1. The molecule has 0 radical (unpaired) electrons. The van der Waals surface area contributed by atoms with Crippen LogP contribution in [0.25, 0.3) is 11.3 Å². The molecule has 1 amide bonds. The number of aryl methyl sites for hydroxylation is 1. The first-order chi connectivity index (χ1) is 16.1. The molecule has 6 heteroatoms. The molecule has 3 aromatic carbocycles. The molecule has 0 aliphatic carbocycles. The summed E-state index contributed by atoms with van der Waals surface area (Å²) in [5.41, 5.74) is 5.21.